The van der Waals surface area contributed by atoms with Gasteiger partial charge in [0.15, 0.2) is 0 Å². The highest BCUT2D eigenvalue weighted by molar-refractivity contribution is 7.81. The van der Waals surface area contributed by atoms with Crippen molar-refractivity contribution in [2.24, 2.45) is 0 Å². The molecule has 1 saturated heterocycles. The molecule has 0 N–H and O–H groups in total. The summed E-state index contributed by atoms with van der Waals surface area (Å²) in [4.78, 5) is 16.6. The number of nitrogens with zero attached hydrogens (tertiary/aromatic N) is 2. The van der Waals surface area contributed by atoms with E-state index in [4.69, 9.17) is 0 Å². The van der Waals surface area contributed by atoms with Crippen molar-refractivity contribution in [2.45, 2.75) is 30.6 Å². The summed E-state index contributed by atoms with van der Waals surface area (Å²) in [6, 6.07) is 10.7. The number of carbonyl (C=O) groups excluding carboxylic acids is 1. The van der Waals surface area contributed by atoms with Crippen molar-refractivity contribution in [2.75, 3.05) is 27.2 Å². The van der Waals surface area contributed by atoms with Crippen LogP contribution in [0.1, 0.15) is 18.4 Å². The summed E-state index contributed by atoms with van der Waals surface area (Å²) in [5, 5.41) is -0.228. The smallest absolute Gasteiger partial charge is 0.235 e. The molecule has 1 fully saturated rings. The van der Waals surface area contributed by atoms with Gasteiger partial charge in [-0.1, -0.05) is 30.3 Å². The van der Waals surface area contributed by atoms with Crippen molar-refractivity contribution < 1.29 is 4.79 Å². The highest BCUT2D eigenvalue weighted by Crippen LogP contribution is 2.17. The first-order chi connectivity index (χ1) is 9.58. The number of carbonyl (C=O) groups is 1. The predicted molar refractivity (Wildman–Crippen MR) is 86.2 cm³/mol. The first kappa shape index (κ1) is 15.4. The van der Waals surface area contributed by atoms with Gasteiger partial charge in [-0.05, 0) is 38.9 Å². The predicted octanol–water partition coefficient (Wildman–Crippen LogP) is 2.08. The van der Waals surface area contributed by atoms with Crippen LogP contribution in [0.15, 0.2) is 30.3 Å². The van der Waals surface area contributed by atoms with Gasteiger partial charge in [0.05, 0.1) is 5.25 Å². The molecule has 0 aliphatic carbocycles. The highest BCUT2D eigenvalue weighted by Gasteiger charge is 2.27. The molecule has 1 amide bonds. The SMILES string of the molecule is CN(C)C1CCN(C(=O)C(S)Cc2ccccc2)CC1. The van der Waals surface area contributed by atoms with Gasteiger partial charge in [-0.3, -0.25) is 4.79 Å². The molecule has 3 nitrogen and oxygen atoms in total. The largest absolute Gasteiger partial charge is 0.342 e. The van der Waals surface area contributed by atoms with Crippen LogP contribution < -0.4 is 0 Å². The summed E-state index contributed by atoms with van der Waals surface area (Å²) in [6.45, 7) is 1.71. The van der Waals surface area contributed by atoms with Crippen LogP contribution in [-0.2, 0) is 11.2 Å². The van der Waals surface area contributed by atoms with Gasteiger partial charge in [0.1, 0.15) is 0 Å². The third-order valence-corrected chi connectivity index (χ3v) is 4.47. The number of amides is 1. The maximum Gasteiger partial charge on any atom is 0.235 e. The van der Waals surface area contributed by atoms with Gasteiger partial charge >= 0.3 is 0 Å². The van der Waals surface area contributed by atoms with Crippen molar-refractivity contribution in [3.63, 3.8) is 0 Å². The standard InChI is InChI=1S/C16H24N2OS/c1-17(2)14-8-10-18(11-9-14)16(19)15(20)12-13-6-4-3-5-7-13/h3-7,14-15,20H,8-12H2,1-2H3. The van der Waals surface area contributed by atoms with Gasteiger partial charge in [0.25, 0.3) is 0 Å². The molecule has 1 aromatic rings. The quantitative estimate of drug-likeness (QED) is 0.859. The Morgan fingerprint density at radius 3 is 2.45 bits per heavy atom. The van der Waals surface area contributed by atoms with Crippen LogP contribution in [0.4, 0.5) is 0 Å². The molecule has 0 spiro atoms. The second-order valence-corrected chi connectivity index (χ2v) is 6.35. The number of thiol groups is 1. The maximum atomic E-state index is 12.4. The van der Waals surface area contributed by atoms with Gasteiger partial charge in [0.2, 0.25) is 5.91 Å². The lowest BCUT2D eigenvalue weighted by atomic mass is 10.0. The monoisotopic (exact) mass is 292 g/mol. The van der Waals surface area contributed by atoms with E-state index < -0.39 is 0 Å². The average molecular weight is 292 g/mol. The molecular formula is C16H24N2OS. The third kappa shape index (κ3) is 4.00. The third-order valence-electron chi connectivity index (χ3n) is 4.06. The summed E-state index contributed by atoms with van der Waals surface area (Å²) < 4.78 is 0. The van der Waals surface area contributed by atoms with E-state index >= 15 is 0 Å². The summed E-state index contributed by atoms with van der Waals surface area (Å²) in [7, 11) is 4.22. The van der Waals surface area contributed by atoms with E-state index in [-0.39, 0.29) is 11.2 Å². The normalized spacial score (nSPS) is 18.3. The summed E-state index contributed by atoms with van der Waals surface area (Å²) in [5.41, 5.74) is 1.17. The first-order valence-corrected chi connectivity index (χ1v) is 7.77. The minimum absolute atomic E-state index is 0.175. The average Bonchev–Trinajstić information content (AvgIpc) is 2.47. The zero-order chi connectivity index (χ0) is 14.5. The molecule has 1 heterocycles. The second-order valence-electron chi connectivity index (χ2n) is 5.73. The van der Waals surface area contributed by atoms with Crippen LogP contribution in [0.5, 0.6) is 0 Å². The number of hydrogen-bond donors (Lipinski definition) is 1. The van der Waals surface area contributed by atoms with Crippen LogP contribution >= 0.6 is 12.6 Å². The van der Waals surface area contributed by atoms with Gasteiger partial charge in [0, 0.05) is 19.1 Å². The number of likely N-dealkylation sites (tertiary alicyclic amines) is 1. The van der Waals surface area contributed by atoms with Crippen molar-refractivity contribution in [3.05, 3.63) is 35.9 Å². The molecule has 0 bridgehead atoms. The van der Waals surface area contributed by atoms with Crippen LogP contribution in [0, 0.1) is 0 Å². The fraction of sp³-hybridized carbons (Fsp3) is 0.562. The molecule has 20 heavy (non-hydrogen) atoms. The molecule has 0 saturated carbocycles. The van der Waals surface area contributed by atoms with Crippen LogP contribution in [0.3, 0.4) is 0 Å². The number of rotatable bonds is 4. The summed E-state index contributed by atoms with van der Waals surface area (Å²) >= 11 is 4.51. The Hall–Kier alpha value is -1.00. The van der Waals surface area contributed by atoms with E-state index in [1.54, 1.807) is 0 Å². The zero-order valence-corrected chi connectivity index (χ0v) is 13.2. The lowest BCUT2D eigenvalue weighted by Crippen LogP contribution is -2.47. The fourth-order valence-electron chi connectivity index (χ4n) is 2.74. The van der Waals surface area contributed by atoms with E-state index in [0.717, 1.165) is 25.9 Å². The Bertz CT molecular complexity index is 427. The lowest BCUT2D eigenvalue weighted by molar-refractivity contribution is -0.132. The van der Waals surface area contributed by atoms with Crippen LogP contribution in [0.25, 0.3) is 0 Å². The summed E-state index contributed by atoms with van der Waals surface area (Å²) in [5.74, 6) is 0.175. The topological polar surface area (TPSA) is 23.6 Å². The Kier molecular flexibility index (Phi) is 5.49. The van der Waals surface area contributed by atoms with E-state index in [1.165, 1.54) is 5.56 Å². The minimum atomic E-state index is -0.228. The van der Waals surface area contributed by atoms with Crippen molar-refractivity contribution in [1.29, 1.82) is 0 Å². The molecule has 0 radical (unpaired) electrons. The van der Waals surface area contributed by atoms with E-state index in [9.17, 15) is 4.79 Å². The summed E-state index contributed by atoms with van der Waals surface area (Å²) in [6.07, 6.45) is 2.82. The highest BCUT2D eigenvalue weighted by atomic mass is 32.1. The minimum Gasteiger partial charge on any atom is -0.342 e. The molecule has 1 aliphatic rings. The zero-order valence-electron chi connectivity index (χ0n) is 12.3. The van der Waals surface area contributed by atoms with Gasteiger partial charge in [-0.2, -0.15) is 12.6 Å². The van der Waals surface area contributed by atoms with Crippen LogP contribution in [0.2, 0.25) is 0 Å². The van der Waals surface area contributed by atoms with E-state index in [1.807, 2.05) is 23.1 Å². The molecule has 1 atom stereocenters. The second kappa shape index (κ2) is 7.14. The Labute approximate surface area is 127 Å². The molecule has 4 heteroatoms. The molecule has 0 aromatic heterocycles. The van der Waals surface area contributed by atoms with E-state index in [0.29, 0.717) is 12.5 Å². The van der Waals surface area contributed by atoms with Crippen molar-refractivity contribution in [3.8, 4) is 0 Å². The Morgan fingerprint density at radius 1 is 1.30 bits per heavy atom. The first-order valence-electron chi connectivity index (χ1n) is 7.25. The Morgan fingerprint density at radius 2 is 1.90 bits per heavy atom. The molecule has 1 aliphatic heterocycles. The van der Waals surface area contributed by atoms with Gasteiger partial charge < -0.3 is 9.80 Å². The van der Waals surface area contributed by atoms with Gasteiger partial charge in [-0.15, -0.1) is 0 Å². The van der Waals surface area contributed by atoms with Crippen molar-refractivity contribution in [1.82, 2.24) is 9.80 Å². The van der Waals surface area contributed by atoms with Crippen molar-refractivity contribution >= 4 is 18.5 Å². The maximum absolute atomic E-state index is 12.4. The molecule has 1 aromatic carbocycles. The molecular weight excluding hydrogens is 268 g/mol. The van der Waals surface area contributed by atoms with Gasteiger partial charge in [-0.25, -0.2) is 0 Å². The lowest BCUT2D eigenvalue weighted by Gasteiger charge is -2.36. The molecule has 110 valence electrons. The van der Waals surface area contributed by atoms with E-state index in [2.05, 4.69) is 43.8 Å². The number of hydrogen-bond acceptors (Lipinski definition) is 3. The van der Waals surface area contributed by atoms with Crippen LogP contribution in [-0.4, -0.2) is 54.2 Å². The Balaban J connectivity index is 1.85. The number of benzene rings is 1. The molecule has 1 unspecified atom stereocenters. The number of piperidine rings is 1. The fourth-order valence-corrected chi connectivity index (χ4v) is 3.11. The molecule has 2 rings (SSSR count).